The molecule has 1 unspecified atom stereocenters. The monoisotopic (exact) mass is 242 g/mol. The van der Waals surface area contributed by atoms with E-state index in [2.05, 4.69) is 12.3 Å². The van der Waals surface area contributed by atoms with Crippen molar-refractivity contribution in [2.24, 2.45) is 17.7 Å². The summed E-state index contributed by atoms with van der Waals surface area (Å²) in [7, 11) is 0. The van der Waals surface area contributed by atoms with Gasteiger partial charge in [-0.1, -0.05) is 26.2 Å². The fourth-order valence-corrected chi connectivity index (χ4v) is 3.00. The second kappa shape index (κ2) is 8.90. The molecule has 3 N–H and O–H groups in total. The summed E-state index contributed by atoms with van der Waals surface area (Å²) in [6, 6.07) is 0.494. The summed E-state index contributed by atoms with van der Waals surface area (Å²) in [5, 5.41) is 0. The number of nitrogens with two attached hydrogens (primary N) is 1. The first-order chi connectivity index (χ1) is 8.31. The molecule has 0 spiro atoms. The average molecular weight is 242 g/mol. The molecule has 0 bridgehead atoms. The van der Waals surface area contributed by atoms with E-state index in [9.17, 15) is 0 Å². The molecule has 0 heterocycles. The zero-order valence-corrected chi connectivity index (χ0v) is 11.6. The molecule has 1 fully saturated rings. The SMILES string of the molecule is CCOCCCC(NN)C1CCC(CC)CC1. The lowest BCUT2D eigenvalue weighted by atomic mass is 9.77. The summed E-state index contributed by atoms with van der Waals surface area (Å²) in [6.45, 7) is 6.05. The van der Waals surface area contributed by atoms with Gasteiger partial charge in [-0.25, -0.2) is 0 Å². The lowest BCUT2D eigenvalue weighted by molar-refractivity contribution is 0.133. The third-order valence-electron chi connectivity index (χ3n) is 4.26. The lowest BCUT2D eigenvalue weighted by Crippen LogP contribution is -2.42. The van der Waals surface area contributed by atoms with Gasteiger partial charge in [0.15, 0.2) is 0 Å². The van der Waals surface area contributed by atoms with E-state index in [0.717, 1.165) is 37.9 Å². The van der Waals surface area contributed by atoms with Gasteiger partial charge in [-0.2, -0.15) is 0 Å². The van der Waals surface area contributed by atoms with Crippen LogP contribution < -0.4 is 11.3 Å². The first kappa shape index (κ1) is 14.9. The van der Waals surface area contributed by atoms with Gasteiger partial charge in [0.2, 0.25) is 0 Å². The van der Waals surface area contributed by atoms with Crippen molar-refractivity contribution in [1.29, 1.82) is 0 Å². The van der Waals surface area contributed by atoms with Crippen molar-refractivity contribution in [3.63, 3.8) is 0 Å². The summed E-state index contributed by atoms with van der Waals surface area (Å²) in [5.74, 6) is 7.44. The van der Waals surface area contributed by atoms with Gasteiger partial charge >= 0.3 is 0 Å². The quantitative estimate of drug-likeness (QED) is 0.391. The minimum atomic E-state index is 0.494. The molecular formula is C14H30N2O. The van der Waals surface area contributed by atoms with Gasteiger partial charge in [-0.05, 0) is 44.4 Å². The molecule has 17 heavy (non-hydrogen) atoms. The minimum Gasteiger partial charge on any atom is -0.382 e. The fraction of sp³-hybridized carbons (Fsp3) is 1.00. The van der Waals surface area contributed by atoms with Crippen LogP contribution in [0, 0.1) is 11.8 Å². The van der Waals surface area contributed by atoms with Gasteiger partial charge < -0.3 is 4.74 Å². The van der Waals surface area contributed by atoms with Crippen molar-refractivity contribution >= 4 is 0 Å². The number of ether oxygens (including phenoxy) is 1. The van der Waals surface area contributed by atoms with E-state index in [1.165, 1.54) is 32.1 Å². The fourth-order valence-electron chi connectivity index (χ4n) is 3.00. The third-order valence-corrected chi connectivity index (χ3v) is 4.26. The molecular weight excluding hydrogens is 212 g/mol. The normalized spacial score (nSPS) is 27.0. The highest BCUT2D eigenvalue weighted by atomic mass is 16.5. The van der Waals surface area contributed by atoms with Gasteiger partial charge in [0.1, 0.15) is 0 Å². The zero-order valence-electron chi connectivity index (χ0n) is 11.6. The Morgan fingerprint density at radius 2 is 1.94 bits per heavy atom. The van der Waals surface area contributed by atoms with Crippen molar-refractivity contribution in [3.8, 4) is 0 Å². The van der Waals surface area contributed by atoms with E-state index in [0.29, 0.717) is 6.04 Å². The van der Waals surface area contributed by atoms with Crippen LogP contribution in [0.15, 0.2) is 0 Å². The van der Waals surface area contributed by atoms with Crippen LogP contribution in [-0.4, -0.2) is 19.3 Å². The third kappa shape index (κ3) is 5.36. The second-order valence-corrected chi connectivity index (χ2v) is 5.30. The van der Waals surface area contributed by atoms with Crippen LogP contribution in [0.25, 0.3) is 0 Å². The minimum absolute atomic E-state index is 0.494. The van der Waals surface area contributed by atoms with E-state index < -0.39 is 0 Å². The van der Waals surface area contributed by atoms with E-state index in [-0.39, 0.29) is 0 Å². The number of hydrazine groups is 1. The number of hydrogen-bond donors (Lipinski definition) is 2. The molecule has 0 aromatic heterocycles. The summed E-state index contributed by atoms with van der Waals surface area (Å²) < 4.78 is 5.38. The maximum absolute atomic E-state index is 5.69. The number of nitrogens with one attached hydrogen (secondary N) is 1. The topological polar surface area (TPSA) is 47.3 Å². The Balaban J connectivity index is 2.21. The van der Waals surface area contributed by atoms with Crippen LogP contribution in [-0.2, 0) is 4.74 Å². The molecule has 1 rings (SSSR count). The lowest BCUT2D eigenvalue weighted by Gasteiger charge is -2.33. The Kier molecular flexibility index (Phi) is 7.82. The molecule has 1 aliphatic rings. The van der Waals surface area contributed by atoms with Gasteiger partial charge in [0.25, 0.3) is 0 Å². The van der Waals surface area contributed by atoms with E-state index in [4.69, 9.17) is 10.6 Å². The summed E-state index contributed by atoms with van der Waals surface area (Å²) in [6.07, 6.45) is 9.10. The zero-order chi connectivity index (χ0) is 12.5. The maximum Gasteiger partial charge on any atom is 0.0466 e. The van der Waals surface area contributed by atoms with Crippen LogP contribution in [0.3, 0.4) is 0 Å². The van der Waals surface area contributed by atoms with Crippen LogP contribution >= 0.6 is 0 Å². The summed E-state index contributed by atoms with van der Waals surface area (Å²) >= 11 is 0. The van der Waals surface area contributed by atoms with Crippen LogP contribution in [0.2, 0.25) is 0 Å². The molecule has 1 aliphatic carbocycles. The van der Waals surface area contributed by atoms with Gasteiger partial charge in [-0.15, -0.1) is 0 Å². The number of hydrogen-bond acceptors (Lipinski definition) is 3. The summed E-state index contributed by atoms with van der Waals surface area (Å²) in [4.78, 5) is 0. The first-order valence-electron chi connectivity index (χ1n) is 7.35. The molecule has 1 atom stereocenters. The van der Waals surface area contributed by atoms with E-state index in [1.54, 1.807) is 0 Å². The molecule has 3 heteroatoms. The molecule has 102 valence electrons. The predicted molar refractivity (Wildman–Crippen MR) is 72.6 cm³/mol. The highest BCUT2D eigenvalue weighted by Crippen LogP contribution is 2.33. The van der Waals surface area contributed by atoms with E-state index >= 15 is 0 Å². The summed E-state index contributed by atoms with van der Waals surface area (Å²) in [5.41, 5.74) is 3.03. The maximum atomic E-state index is 5.69. The molecule has 0 saturated heterocycles. The Hall–Kier alpha value is -0.120. The van der Waals surface area contributed by atoms with Gasteiger partial charge in [0.05, 0.1) is 0 Å². The van der Waals surface area contributed by atoms with Crippen molar-refractivity contribution in [2.45, 2.75) is 64.8 Å². The predicted octanol–water partition coefficient (Wildman–Crippen LogP) is 2.85. The van der Waals surface area contributed by atoms with Crippen molar-refractivity contribution in [3.05, 3.63) is 0 Å². The van der Waals surface area contributed by atoms with Crippen LogP contribution in [0.5, 0.6) is 0 Å². The Morgan fingerprint density at radius 3 is 2.47 bits per heavy atom. The van der Waals surface area contributed by atoms with Gasteiger partial charge in [0, 0.05) is 19.3 Å². The molecule has 0 aromatic carbocycles. The highest BCUT2D eigenvalue weighted by molar-refractivity contribution is 4.80. The van der Waals surface area contributed by atoms with Crippen molar-refractivity contribution < 1.29 is 4.74 Å². The first-order valence-corrected chi connectivity index (χ1v) is 7.35. The number of rotatable bonds is 8. The van der Waals surface area contributed by atoms with Crippen LogP contribution in [0.4, 0.5) is 0 Å². The van der Waals surface area contributed by atoms with Crippen molar-refractivity contribution in [1.82, 2.24) is 5.43 Å². The molecule has 0 radical (unpaired) electrons. The molecule has 0 amide bonds. The highest BCUT2D eigenvalue weighted by Gasteiger charge is 2.25. The Labute approximate surface area is 106 Å². The second-order valence-electron chi connectivity index (χ2n) is 5.30. The average Bonchev–Trinajstić information content (AvgIpc) is 2.39. The molecule has 1 saturated carbocycles. The van der Waals surface area contributed by atoms with Crippen LogP contribution in [0.1, 0.15) is 58.8 Å². The largest absolute Gasteiger partial charge is 0.382 e. The smallest absolute Gasteiger partial charge is 0.0466 e. The molecule has 0 aliphatic heterocycles. The van der Waals surface area contributed by atoms with E-state index in [1.807, 2.05) is 6.92 Å². The Bertz CT molecular complexity index is 179. The molecule has 0 aromatic rings. The standard InChI is InChI=1S/C14H30N2O/c1-3-12-7-9-13(10-8-12)14(16-15)6-5-11-17-4-2/h12-14,16H,3-11,15H2,1-2H3. The van der Waals surface area contributed by atoms with Gasteiger partial charge in [-0.3, -0.25) is 11.3 Å². The Morgan fingerprint density at radius 1 is 1.24 bits per heavy atom. The van der Waals surface area contributed by atoms with Crippen molar-refractivity contribution in [2.75, 3.05) is 13.2 Å². The molecule has 3 nitrogen and oxygen atoms in total.